The van der Waals surface area contributed by atoms with Gasteiger partial charge in [0.1, 0.15) is 11.0 Å². The molecule has 0 aliphatic carbocycles. The fraction of sp³-hybridized carbons (Fsp3) is 0.450. The van der Waals surface area contributed by atoms with E-state index >= 15 is 0 Å². The van der Waals surface area contributed by atoms with E-state index < -0.39 is 12.1 Å². The molecule has 1 aliphatic heterocycles. The molecule has 3 unspecified atom stereocenters. The van der Waals surface area contributed by atoms with E-state index in [9.17, 15) is 14.7 Å². The summed E-state index contributed by atoms with van der Waals surface area (Å²) in [5, 5.41) is 21.6. The number of aliphatic hydroxyl groups is 1. The molecule has 1 fully saturated rings. The quantitative estimate of drug-likeness (QED) is 0.640. The number of nitrogens with one attached hydrogen (secondary N) is 1. The maximum absolute atomic E-state index is 13.6. The SMILES string of the molecule is CNC(=O)c1cn(C(C(=O)N2CC(O)CC2c2nc3ccccc3s2)C(C)C)nn1. The number of aliphatic hydroxyl groups excluding tert-OH is 1. The molecule has 3 heterocycles. The Morgan fingerprint density at radius 3 is 2.77 bits per heavy atom. The Hall–Kier alpha value is -2.85. The highest BCUT2D eigenvalue weighted by molar-refractivity contribution is 7.18. The molecule has 1 aliphatic rings. The smallest absolute Gasteiger partial charge is 0.273 e. The van der Waals surface area contributed by atoms with Crippen LogP contribution in [-0.4, -0.2) is 61.5 Å². The Morgan fingerprint density at radius 1 is 1.30 bits per heavy atom. The molecule has 10 heteroatoms. The van der Waals surface area contributed by atoms with Crippen LogP contribution in [0.1, 0.15) is 47.8 Å². The fourth-order valence-corrected chi connectivity index (χ4v) is 4.94. The number of hydrogen-bond acceptors (Lipinski definition) is 7. The van der Waals surface area contributed by atoms with Crippen LogP contribution in [0.4, 0.5) is 0 Å². The normalized spacial score (nSPS) is 20.1. The van der Waals surface area contributed by atoms with Gasteiger partial charge in [-0.25, -0.2) is 9.67 Å². The van der Waals surface area contributed by atoms with Crippen LogP contribution >= 0.6 is 11.3 Å². The van der Waals surface area contributed by atoms with Crippen molar-refractivity contribution in [2.24, 2.45) is 5.92 Å². The zero-order valence-electron chi connectivity index (χ0n) is 17.0. The second kappa shape index (κ2) is 8.11. The number of hydrogen-bond donors (Lipinski definition) is 2. The minimum absolute atomic E-state index is 0.0921. The molecule has 1 saturated heterocycles. The Morgan fingerprint density at radius 2 is 2.07 bits per heavy atom. The fourth-order valence-electron chi connectivity index (χ4n) is 3.84. The molecular weight excluding hydrogens is 404 g/mol. The number of thiazole rings is 1. The molecule has 2 aromatic heterocycles. The predicted octanol–water partition coefficient (Wildman–Crippen LogP) is 1.78. The van der Waals surface area contributed by atoms with Gasteiger partial charge in [0.2, 0.25) is 5.91 Å². The van der Waals surface area contributed by atoms with Crippen LogP contribution in [0.5, 0.6) is 0 Å². The molecule has 30 heavy (non-hydrogen) atoms. The van der Waals surface area contributed by atoms with Gasteiger partial charge in [-0.1, -0.05) is 31.2 Å². The second-order valence-corrected chi connectivity index (χ2v) is 8.83. The van der Waals surface area contributed by atoms with Crippen LogP contribution in [-0.2, 0) is 4.79 Å². The zero-order chi connectivity index (χ0) is 21.4. The Balaban J connectivity index is 1.65. The number of β-amino-alcohol motifs (C(OH)–C–C–N with tert-alkyl or cyclic N) is 1. The summed E-state index contributed by atoms with van der Waals surface area (Å²) < 4.78 is 2.49. The zero-order valence-corrected chi connectivity index (χ0v) is 17.8. The number of carbonyl (C=O) groups excluding carboxylic acids is 2. The number of fused-ring (bicyclic) bond motifs is 1. The molecule has 9 nitrogen and oxygen atoms in total. The number of carbonyl (C=O) groups is 2. The van der Waals surface area contributed by atoms with E-state index in [1.54, 1.807) is 16.2 Å². The number of benzene rings is 1. The monoisotopic (exact) mass is 428 g/mol. The summed E-state index contributed by atoms with van der Waals surface area (Å²) in [5.41, 5.74) is 1.04. The highest BCUT2D eigenvalue weighted by atomic mass is 32.1. The number of amides is 2. The summed E-state index contributed by atoms with van der Waals surface area (Å²) in [6, 6.07) is 6.90. The Bertz CT molecular complexity index is 1040. The lowest BCUT2D eigenvalue weighted by Crippen LogP contribution is -2.40. The lowest BCUT2D eigenvalue weighted by atomic mass is 10.0. The molecule has 0 spiro atoms. The number of likely N-dealkylation sites (tertiary alicyclic amines) is 1. The molecule has 3 atom stereocenters. The third-order valence-electron chi connectivity index (χ3n) is 5.30. The van der Waals surface area contributed by atoms with E-state index in [1.807, 2.05) is 38.1 Å². The third-order valence-corrected chi connectivity index (χ3v) is 6.43. The molecule has 0 saturated carbocycles. The summed E-state index contributed by atoms with van der Waals surface area (Å²) in [7, 11) is 1.51. The lowest BCUT2D eigenvalue weighted by Gasteiger charge is -2.29. The summed E-state index contributed by atoms with van der Waals surface area (Å²) in [6.45, 7) is 4.08. The van der Waals surface area contributed by atoms with E-state index in [0.717, 1.165) is 15.2 Å². The van der Waals surface area contributed by atoms with Crippen LogP contribution in [0.15, 0.2) is 30.5 Å². The van der Waals surface area contributed by atoms with Gasteiger partial charge in [0.25, 0.3) is 5.91 Å². The van der Waals surface area contributed by atoms with Crippen molar-refractivity contribution >= 4 is 33.4 Å². The first-order valence-electron chi connectivity index (χ1n) is 9.87. The van der Waals surface area contributed by atoms with Crippen molar-refractivity contribution in [3.05, 3.63) is 41.2 Å². The van der Waals surface area contributed by atoms with Crippen molar-refractivity contribution in [1.82, 2.24) is 30.2 Å². The predicted molar refractivity (Wildman–Crippen MR) is 112 cm³/mol. The highest BCUT2D eigenvalue weighted by Gasteiger charge is 2.41. The van der Waals surface area contributed by atoms with Crippen LogP contribution in [0.2, 0.25) is 0 Å². The molecule has 2 amide bonds. The van der Waals surface area contributed by atoms with Crippen molar-refractivity contribution in [1.29, 1.82) is 0 Å². The van der Waals surface area contributed by atoms with Crippen LogP contribution < -0.4 is 5.32 Å². The van der Waals surface area contributed by atoms with E-state index in [0.29, 0.717) is 6.42 Å². The molecule has 0 bridgehead atoms. The van der Waals surface area contributed by atoms with E-state index in [4.69, 9.17) is 4.98 Å². The first-order chi connectivity index (χ1) is 14.4. The number of aromatic nitrogens is 4. The van der Waals surface area contributed by atoms with E-state index in [-0.39, 0.29) is 36.0 Å². The average molecular weight is 429 g/mol. The van der Waals surface area contributed by atoms with Crippen LogP contribution in [0, 0.1) is 5.92 Å². The first-order valence-corrected chi connectivity index (χ1v) is 10.7. The number of para-hydroxylation sites is 1. The van der Waals surface area contributed by atoms with Gasteiger partial charge in [0.05, 0.1) is 28.6 Å². The van der Waals surface area contributed by atoms with Crippen molar-refractivity contribution in [3.63, 3.8) is 0 Å². The van der Waals surface area contributed by atoms with Crippen molar-refractivity contribution < 1.29 is 14.7 Å². The van der Waals surface area contributed by atoms with Gasteiger partial charge in [0.15, 0.2) is 5.69 Å². The van der Waals surface area contributed by atoms with Gasteiger partial charge in [-0.3, -0.25) is 9.59 Å². The maximum atomic E-state index is 13.6. The Kier molecular flexibility index (Phi) is 5.52. The molecule has 158 valence electrons. The minimum Gasteiger partial charge on any atom is -0.391 e. The number of rotatable bonds is 5. The summed E-state index contributed by atoms with van der Waals surface area (Å²) in [4.78, 5) is 31.8. The van der Waals surface area contributed by atoms with Gasteiger partial charge in [-0.15, -0.1) is 16.4 Å². The molecule has 0 radical (unpaired) electrons. The van der Waals surface area contributed by atoms with Crippen molar-refractivity contribution in [2.45, 2.75) is 38.5 Å². The number of nitrogens with zero attached hydrogens (tertiary/aromatic N) is 5. The molecule has 4 rings (SSSR count). The summed E-state index contributed by atoms with van der Waals surface area (Å²) >= 11 is 1.54. The topological polar surface area (TPSA) is 113 Å². The molecule has 2 N–H and O–H groups in total. The maximum Gasteiger partial charge on any atom is 0.273 e. The molecule has 3 aromatic rings. The largest absolute Gasteiger partial charge is 0.391 e. The summed E-state index contributed by atoms with van der Waals surface area (Å²) in [6.07, 6.45) is 1.31. The van der Waals surface area contributed by atoms with Gasteiger partial charge in [-0.05, 0) is 18.1 Å². The Labute approximate surface area is 177 Å². The molecular formula is C20H24N6O3S. The van der Waals surface area contributed by atoms with Crippen LogP contribution in [0.3, 0.4) is 0 Å². The minimum atomic E-state index is -0.641. The van der Waals surface area contributed by atoms with E-state index in [2.05, 4.69) is 15.6 Å². The standard InChI is InChI=1S/C20H24N6O3S/c1-11(2)17(26-10-14(23-24-26)18(28)21-3)20(29)25-9-12(27)8-15(25)19-22-13-6-4-5-7-16(13)30-19/h4-7,10-12,15,17,27H,8-9H2,1-3H3,(H,21,28). The highest BCUT2D eigenvalue weighted by Crippen LogP contribution is 2.38. The first kappa shape index (κ1) is 20.4. The average Bonchev–Trinajstić information content (AvgIpc) is 3.44. The third kappa shape index (κ3) is 3.68. The van der Waals surface area contributed by atoms with Crippen molar-refractivity contribution in [2.75, 3.05) is 13.6 Å². The summed E-state index contributed by atoms with van der Waals surface area (Å²) in [5.74, 6) is -0.621. The van der Waals surface area contributed by atoms with Crippen LogP contribution in [0.25, 0.3) is 10.2 Å². The second-order valence-electron chi connectivity index (χ2n) is 7.77. The van der Waals surface area contributed by atoms with Crippen molar-refractivity contribution in [3.8, 4) is 0 Å². The lowest BCUT2D eigenvalue weighted by molar-refractivity contribution is -0.137. The van der Waals surface area contributed by atoms with Gasteiger partial charge < -0.3 is 15.3 Å². The van der Waals surface area contributed by atoms with E-state index in [1.165, 1.54) is 17.9 Å². The molecule has 1 aromatic carbocycles. The van der Waals surface area contributed by atoms with Gasteiger partial charge in [-0.2, -0.15) is 0 Å². The van der Waals surface area contributed by atoms with Gasteiger partial charge in [0, 0.05) is 20.0 Å². The van der Waals surface area contributed by atoms with Gasteiger partial charge >= 0.3 is 0 Å².